The number of aromatic amines is 2. The van der Waals surface area contributed by atoms with Gasteiger partial charge in [-0.05, 0) is 55.5 Å². The molecule has 34 heavy (non-hydrogen) atoms. The number of fused-ring (bicyclic) bond motifs is 1. The highest BCUT2D eigenvalue weighted by molar-refractivity contribution is 6.30. The second-order valence-electron chi connectivity index (χ2n) is 7.38. The van der Waals surface area contributed by atoms with Gasteiger partial charge in [0.2, 0.25) is 0 Å². The molecule has 0 bridgehead atoms. The van der Waals surface area contributed by atoms with Gasteiger partial charge in [-0.25, -0.2) is 19.3 Å². The molecule has 5 aromatic rings. The number of amides is 2. The normalized spacial score (nSPS) is 10.9. The van der Waals surface area contributed by atoms with E-state index in [4.69, 9.17) is 16.3 Å². The number of benzene rings is 2. The van der Waals surface area contributed by atoms with Crippen LogP contribution in [0.25, 0.3) is 16.9 Å². The predicted octanol–water partition coefficient (Wildman–Crippen LogP) is 4.84. The third-order valence-electron chi connectivity index (χ3n) is 4.87. The molecule has 0 unspecified atom stereocenters. The summed E-state index contributed by atoms with van der Waals surface area (Å²) < 4.78 is 7.48. The zero-order chi connectivity index (χ0) is 23.7. The number of anilines is 2. The first-order chi connectivity index (χ1) is 16.4. The first kappa shape index (κ1) is 21.3. The van der Waals surface area contributed by atoms with Gasteiger partial charge in [0.25, 0.3) is 0 Å². The summed E-state index contributed by atoms with van der Waals surface area (Å²) in [6.45, 7) is 1.84. The first-order valence-electron chi connectivity index (χ1n) is 10.2. The van der Waals surface area contributed by atoms with Crippen LogP contribution < -0.4 is 21.1 Å². The number of pyridine rings is 1. The Morgan fingerprint density at radius 2 is 1.79 bits per heavy atom. The van der Waals surface area contributed by atoms with E-state index >= 15 is 0 Å². The molecule has 4 N–H and O–H groups in total. The van der Waals surface area contributed by atoms with Crippen molar-refractivity contribution in [1.29, 1.82) is 0 Å². The lowest BCUT2D eigenvalue weighted by Crippen LogP contribution is -2.21. The third kappa shape index (κ3) is 4.48. The average molecular weight is 476 g/mol. The van der Waals surface area contributed by atoms with Crippen LogP contribution in [0.4, 0.5) is 16.3 Å². The first-order valence-corrected chi connectivity index (χ1v) is 10.6. The Bertz CT molecular complexity index is 1540. The van der Waals surface area contributed by atoms with Crippen molar-refractivity contribution in [2.45, 2.75) is 6.92 Å². The van der Waals surface area contributed by atoms with Gasteiger partial charge >= 0.3 is 11.7 Å². The molecule has 0 fully saturated rings. The summed E-state index contributed by atoms with van der Waals surface area (Å²) in [5.41, 5.74) is 2.60. The number of nitrogens with one attached hydrogen (secondary N) is 4. The van der Waals surface area contributed by atoms with Crippen LogP contribution >= 0.6 is 11.6 Å². The minimum absolute atomic E-state index is 0.364. The van der Waals surface area contributed by atoms with E-state index in [1.54, 1.807) is 53.2 Å². The summed E-state index contributed by atoms with van der Waals surface area (Å²) in [4.78, 5) is 33.4. The number of H-pyrrole nitrogens is 2. The number of hydrogen-bond donors (Lipinski definition) is 4. The maximum atomic E-state index is 12.6. The minimum Gasteiger partial charge on any atom is -0.455 e. The zero-order valence-corrected chi connectivity index (χ0v) is 18.6. The summed E-state index contributed by atoms with van der Waals surface area (Å²) in [5, 5.41) is 10.6. The lowest BCUT2D eigenvalue weighted by molar-refractivity contribution is 0.262. The lowest BCUT2D eigenvalue weighted by atomic mass is 10.3. The standard InChI is InChI=1S/C23H18ClN7O3/c1-13-12-19(31(30-13)16-6-2-14(24)3-7-16)27-22(32)26-15-4-8-17(9-5-15)34-18-10-11-25-21-20(18)28-23(33)29-21/h2-12H,1H3,(H2,26,27,32)(H2,25,28,29,33). The maximum absolute atomic E-state index is 12.6. The summed E-state index contributed by atoms with van der Waals surface area (Å²) in [6.07, 6.45) is 1.54. The summed E-state index contributed by atoms with van der Waals surface area (Å²) in [7, 11) is 0. The fraction of sp³-hybridized carbons (Fsp3) is 0.0435. The van der Waals surface area contributed by atoms with Gasteiger partial charge in [0.05, 0.1) is 11.4 Å². The van der Waals surface area contributed by atoms with Crippen molar-refractivity contribution in [2.75, 3.05) is 10.6 Å². The predicted molar refractivity (Wildman–Crippen MR) is 129 cm³/mol. The van der Waals surface area contributed by atoms with Gasteiger partial charge in [0.1, 0.15) is 17.1 Å². The SMILES string of the molecule is Cc1cc(NC(=O)Nc2ccc(Oc3ccnc4[nH]c(=O)[nH]c34)cc2)n(-c2ccc(Cl)cc2)n1. The highest BCUT2D eigenvalue weighted by Crippen LogP contribution is 2.27. The van der Waals surface area contributed by atoms with Crippen LogP contribution in [-0.4, -0.2) is 30.8 Å². The largest absolute Gasteiger partial charge is 0.455 e. The van der Waals surface area contributed by atoms with Crippen LogP contribution in [0.3, 0.4) is 0 Å². The summed E-state index contributed by atoms with van der Waals surface area (Å²) in [6, 6.07) is 16.9. The van der Waals surface area contributed by atoms with E-state index in [9.17, 15) is 9.59 Å². The number of aromatic nitrogens is 5. The van der Waals surface area contributed by atoms with Crippen LogP contribution in [0, 0.1) is 6.92 Å². The van der Waals surface area contributed by atoms with Crippen LogP contribution in [-0.2, 0) is 0 Å². The van der Waals surface area contributed by atoms with Gasteiger partial charge in [0, 0.05) is 29.0 Å². The summed E-state index contributed by atoms with van der Waals surface area (Å²) >= 11 is 5.97. The highest BCUT2D eigenvalue weighted by atomic mass is 35.5. The van der Waals surface area contributed by atoms with Gasteiger partial charge in [0.15, 0.2) is 11.4 Å². The number of nitrogens with zero attached hydrogens (tertiary/aromatic N) is 3. The molecule has 0 saturated heterocycles. The van der Waals surface area contributed by atoms with Crippen LogP contribution in [0.2, 0.25) is 5.02 Å². The van der Waals surface area contributed by atoms with E-state index in [1.165, 1.54) is 6.20 Å². The van der Waals surface area contributed by atoms with Crippen molar-refractivity contribution in [3.05, 3.63) is 88.1 Å². The van der Waals surface area contributed by atoms with E-state index in [2.05, 4.69) is 30.7 Å². The molecule has 170 valence electrons. The van der Waals surface area contributed by atoms with E-state index < -0.39 is 6.03 Å². The average Bonchev–Trinajstić information content (AvgIpc) is 3.37. The second kappa shape index (κ2) is 8.75. The number of urea groups is 1. The van der Waals surface area contributed by atoms with Crippen molar-refractivity contribution in [2.24, 2.45) is 0 Å². The number of imidazole rings is 1. The lowest BCUT2D eigenvalue weighted by Gasteiger charge is -2.11. The minimum atomic E-state index is -0.426. The Hall–Kier alpha value is -4.57. The Balaban J connectivity index is 1.27. The summed E-state index contributed by atoms with van der Waals surface area (Å²) in [5.74, 6) is 1.49. The molecule has 2 aromatic carbocycles. The number of carbonyl (C=O) groups excluding carboxylic acids is 1. The smallest absolute Gasteiger partial charge is 0.325 e. The zero-order valence-electron chi connectivity index (χ0n) is 17.8. The molecule has 11 heteroatoms. The number of aryl methyl sites for hydroxylation is 1. The molecule has 0 saturated carbocycles. The quantitative estimate of drug-likeness (QED) is 0.289. The number of rotatable bonds is 5. The Labute approximate surface area is 197 Å². The maximum Gasteiger partial charge on any atom is 0.325 e. The van der Waals surface area contributed by atoms with Crippen molar-refractivity contribution in [3.63, 3.8) is 0 Å². The molecule has 0 aliphatic rings. The van der Waals surface area contributed by atoms with E-state index in [0.717, 1.165) is 11.4 Å². The Morgan fingerprint density at radius 3 is 2.56 bits per heavy atom. The van der Waals surface area contributed by atoms with Crippen LogP contribution in [0.15, 0.2) is 71.7 Å². The van der Waals surface area contributed by atoms with Crippen molar-refractivity contribution < 1.29 is 9.53 Å². The third-order valence-corrected chi connectivity index (χ3v) is 5.12. The van der Waals surface area contributed by atoms with Gasteiger partial charge in [-0.15, -0.1) is 0 Å². The molecule has 3 aromatic heterocycles. The molecule has 2 amide bonds. The number of halogens is 1. The van der Waals surface area contributed by atoms with E-state index in [-0.39, 0.29) is 5.69 Å². The fourth-order valence-electron chi connectivity index (χ4n) is 3.38. The highest BCUT2D eigenvalue weighted by Gasteiger charge is 2.12. The van der Waals surface area contributed by atoms with Crippen molar-refractivity contribution in [1.82, 2.24) is 24.7 Å². The fourth-order valence-corrected chi connectivity index (χ4v) is 3.50. The topological polar surface area (TPSA) is 130 Å². The van der Waals surface area contributed by atoms with Gasteiger partial charge in [-0.3, -0.25) is 10.3 Å². The monoisotopic (exact) mass is 475 g/mol. The number of ether oxygens (including phenoxy) is 1. The van der Waals surface area contributed by atoms with Gasteiger partial charge in [-0.2, -0.15) is 5.10 Å². The molecule has 0 aliphatic carbocycles. The Kier molecular flexibility index (Phi) is 5.48. The number of hydrogen-bond acceptors (Lipinski definition) is 5. The molecular formula is C23H18ClN7O3. The van der Waals surface area contributed by atoms with Crippen LogP contribution in [0.5, 0.6) is 11.5 Å². The molecule has 10 nitrogen and oxygen atoms in total. The molecule has 0 aliphatic heterocycles. The van der Waals surface area contributed by atoms with E-state index in [1.807, 2.05) is 19.1 Å². The Morgan fingerprint density at radius 1 is 1.03 bits per heavy atom. The molecule has 3 heterocycles. The molecule has 0 spiro atoms. The van der Waals surface area contributed by atoms with Crippen LogP contribution in [0.1, 0.15) is 5.69 Å². The molecule has 0 atom stereocenters. The molecule has 0 radical (unpaired) electrons. The molecular weight excluding hydrogens is 458 g/mol. The molecule has 5 rings (SSSR count). The van der Waals surface area contributed by atoms with Gasteiger partial charge < -0.3 is 15.0 Å². The van der Waals surface area contributed by atoms with Crippen molar-refractivity contribution >= 4 is 40.3 Å². The number of carbonyl (C=O) groups is 1. The van der Waals surface area contributed by atoms with Gasteiger partial charge in [-0.1, -0.05) is 11.6 Å². The second-order valence-corrected chi connectivity index (χ2v) is 7.81. The van der Waals surface area contributed by atoms with Crippen molar-refractivity contribution in [3.8, 4) is 17.2 Å². The van der Waals surface area contributed by atoms with E-state index in [0.29, 0.717) is 39.2 Å².